The molecule has 0 aliphatic heterocycles. The van der Waals surface area contributed by atoms with Crippen LogP contribution in [-0.2, 0) is 25.6 Å². The normalized spacial score (nSPS) is 10.6. The van der Waals surface area contributed by atoms with Gasteiger partial charge in [0.05, 0.1) is 28.8 Å². The van der Waals surface area contributed by atoms with Crippen molar-refractivity contribution in [3.63, 3.8) is 0 Å². The molecule has 0 atom stereocenters. The minimum atomic E-state index is -0.738. The number of nitrogens with one attached hydrogen (secondary N) is 1. The Balaban J connectivity index is 1.59. The molecule has 0 fully saturated rings. The molecule has 1 aromatic carbocycles. The molecule has 2 aromatic heterocycles. The van der Waals surface area contributed by atoms with Crippen LogP contribution in [0, 0.1) is 6.92 Å². The van der Waals surface area contributed by atoms with Gasteiger partial charge in [0, 0.05) is 0 Å². The quantitative estimate of drug-likeness (QED) is 0.572. The molecule has 1 N–H and O–H groups in total. The summed E-state index contributed by atoms with van der Waals surface area (Å²) >= 11 is 1.08. The lowest BCUT2D eigenvalue weighted by atomic mass is 10.3. The summed E-state index contributed by atoms with van der Waals surface area (Å²) in [5.74, 6) is -1.76. The predicted octanol–water partition coefficient (Wildman–Crippen LogP) is 2.13. The van der Waals surface area contributed by atoms with E-state index in [1.807, 2.05) is 0 Å². The van der Waals surface area contributed by atoms with Gasteiger partial charge in [-0.3, -0.25) is 19.0 Å². The minimum absolute atomic E-state index is 0.254. The monoisotopic (exact) mass is 429 g/mol. The summed E-state index contributed by atoms with van der Waals surface area (Å²) in [4.78, 5) is 52.6. The van der Waals surface area contributed by atoms with Crippen molar-refractivity contribution in [2.75, 3.05) is 18.5 Å². The molecule has 0 saturated heterocycles. The molecule has 1 amide bonds. The van der Waals surface area contributed by atoms with E-state index in [0.29, 0.717) is 26.5 Å². The lowest BCUT2D eigenvalue weighted by molar-refractivity contribution is -0.147. The minimum Gasteiger partial charge on any atom is -0.462 e. The summed E-state index contributed by atoms with van der Waals surface area (Å²) in [6, 6.07) is 8.53. The molecule has 156 valence electrons. The van der Waals surface area contributed by atoms with Crippen LogP contribution in [0.4, 0.5) is 5.00 Å². The molecule has 2 heterocycles. The largest absolute Gasteiger partial charge is 0.462 e. The maximum absolute atomic E-state index is 12.1. The molecule has 3 aromatic rings. The number of aromatic nitrogens is 2. The van der Waals surface area contributed by atoms with Crippen molar-refractivity contribution in [2.45, 2.75) is 20.4 Å². The number of hydrogen-bond acceptors (Lipinski definition) is 8. The number of aryl methyl sites for hydroxylation is 1. The standard InChI is InChI=1S/C20H19N3O6S/c1-3-28-20(27)19-12(2)8-16(30-19)22-15(24)11-29-18(26)10-23-14-7-5-4-6-13(14)21-9-17(23)25/h4-9H,3,10-11H2,1-2H3,(H,22,24). The molecule has 0 aliphatic rings. The highest BCUT2D eigenvalue weighted by Crippen LogP contribution is 2.27. The van der Waals surface area contributed by atoms with E-state index >= 15 is 0 Å². The van der Waals surface area contributed by atoms with E-state index in [1.165, 1.54) is 4.57 Å². The van der Waals surface area contributed by atoms with E-state index in [-0.39, 0.29) is 13.2 Å². The number of esters is 2. The number of anilines is 1. The topological polar surface area (TPSA) is 117 Å². The van der Waals surface area contributed by atoms with Crippen molar-refractivity contribution in [1.29, 1.82) is 0 Å². The summed E-state index contributed by atoms with van der Waals surface area (Å²) < 4.78 is 11.2. The van der Waals surface area contributed by atoms with E-state index < -0.39 is 30.0 Å². The van der Waals surface area contributed by atoms with Crippen molar-refractivity contribution >= 4 is 45.2 Å². The highest BCUT2D eigenvalue weighted by molar-refractivity contribution is 7.18. The van der Waals surface area contributed by atoms with Gasteiger partial charge in [-0.25, -0.2) is 9.78 Å². The highest BCUT2D eigenvalue weighted by Gasteiger charge is 2.17. The summed E-state index contributed by atoms with van der Waals surface area (Å²) in [5.41, 5.74) is 1.28. The summed E-state index contributed by atoms with van der Waals surface area (Å²) in [7, 11) is 0. The third-order valence-corrected chi connectivity index (χ3v) is 5.18. The highest BCUT2D eigenvalue weighted by atomic mass is 32.1. The van der Waals surface area contributed by atoms with E-state index in [0.717, 1.165) is 17.5 Å². The van der Waals surface area contributed by atoms with Crippen LogP contribution in [0.1, 0.15) is 22.2 Å². The Labute approximate surface area is 175 Å². The first kappa shape index (κ1) is 21.2. The lowest BCUT2D eigenvalue weighted by Gasteiger charge is -2.09. The van der Waals surface area contributed by atoms with Crippen LogP contribution in [0.2, 0.25) is 0 Å². The molecule has 0 radical (unpaired) electrons. The molecule has 9 nitrogen and oxygen atoms in total. The van der Waals surface area contributed by atoms with Crippen molar-refractivity contribution < 1.29 is 23.9 Å². The zero-order valence-corrected chi connectivity index (χ0v) is 17.2. The molecule has 0 spiro atoms. The van der Waals surface area contributed by atoms with Gasteiger partial charge in [0.1, 0.15) is 11.4 Å². The number of nitrogens with zero attached hydrogens (tertiary/aromatic N) is 2. The van der Waals surface area contributed by atoms with Gasteiger partial charge in [-0.15, -0.1) is 11.3 Å². The number of ether oxygens (including phenoxy) is 2. The third-order valence-electron chi connectivity index (χ3n) is 4.05. The van der Waals surface area contributed by atoms with Gasteiger partial charge in [0.2, 0.25) is 0 Å². The molecule has 10 heteroatoms. The summed E-state index contributed by atoms with van der Waals surface area (Å²) in [5, 5.41) is 3.01. The van der Waals surface area contributed by atoms with Crippen molar-refractivity contribution in [3.05, 3.63) is 57.3 Å². The van der Waals surface area contributed by atoms with Crippen LogP contribution in [0.5, 0.6) is 0 Å². The number of hydrogen-bond donors (Lipinski definition) is 1. The third kappa shape index (κ3) is 4.90. The van der Waals surface area contributed by atoms with Crippen LogP contribution >= 0.6 is 11.3 Å². The molecule has 0 bridgehead atoms. The Morgan fingerprint density at radius 3 is 2.73 bits per heavy atom. The molecule has 0 unspecified atom stereocenters. The fraction of sp³-hybridized carbons (Fsp3) is 0.250. The maximum atomic E-state index is 12.1. The Kier molecular flexibility index (Phi) is 6.58. The second kappa shape index (κ2) is 9.31. The van der Waals surface area contributed by atoms with Crippen LogP contribution in [0.15, 0.2) is 41.3 Å². The number of carbonyl (C=O) groups is 3. The van der Waals surface area contributed by atoms with E-state index in [1.54, 1.807) is 44.2 Å². The van der Waals surface area contributed by atoms with Gasteiger partial charge in [0.15, 0.2) is 6.61 Å². The SMILES string of the molecule is CCOC(=O)c1sc(NC(=O)COC(=O)Cn2c(=O)cnc3ccccc32)cc1C. The zero-order valence-electron chi connectivity index (χ0n) is 16.3. The Hall–Kier alpha value is -3.53. The van der Waals surface area contributed by atoms with E-state index in [4.69, 9.17) is 9.47 Å². The van der Waals surface area contributed by atoms with E-state index in [9.17, 15) is 19.2 Å². The van der Waals surface area contributed by atoms with Gasteiger partial charge in [-0.2, -0.15) is 0 Å². The molecule has 0 saturated carbocycles. The van der Waals surface area contributed by atoms with Gasteiger partial charge in [-0.05, 0) is 37.6 Å². The smallest absolute Gasteiger partial charge is 0.348 e. The number of para-hydroxylation sites is 2. The number of rotatable bonds is 7. The zero-order chi connectivity index (χ0) is 21.7. The van der Waals surface area contributed by atoms with Gasteiger partial charge >= 0.3 is 11.9 Å². The Morgan fingerprint density at radius 1 is 1.20 bits per heavy atom. The second-order valence-corrected chi connectivity index (χ2v) is 7.28. The molecule has 0 aliphatic carbocycles. The van der Waals surface area contributed by atoms with Crippen molar-refractivity contribution in [3.8, 4) is 0 Å². The van der Waals surface area contributed by atoms with Crippen LogP contribution in [-0.4, -0.2) is 40.6 Å². The Bertz CT molecular complexity index is 1170. The van der Waals surface area contributed by atoms with Crippen LogP contribution < -0.4 is 10.9 Å². The summed E-state index contributed by atoms with van der Waals surface area (Å²) in [6.07, 6.45) is 1.13. The number of amides is 1. The summed E-state index contributed by atoms with van der Waals surface area (Å²) in [6.45, 7) is 2.82. The first-order valence-electron chi connectivity index (χ1n) is 9.06. The fourth-order valence-corrected chi connectivity index (χ4v) is 3.70. The predicted molar refractivity (Wildman–Crippen MR) is 111 cm³/mol. The average Bonchev–Trinajstić information content (AvgIpc) is 3.09. The maximum Gasteiger partial charge on any atom is 0.348 e. The van der Waals surface area contributed by atoms with Crippen LogP contribution in [0.25, 0.3) is 11.0 Å². The fourth-order valence-electron chi connectivity index (χ4n) is 2.72. The number of carbonyl (C=O) groups excluding carboxylic acids is 3. The molecule has 30 heavy (non-hydrogen) atoms. The van der Waals surface area contributed by atoms with Crippen molar-refractivity contribution in [1.82, 2.24) is 9.55 Å². The molecule has 3 rings (SSSR count). The van der Waals surface area contributed by atoms with Gasteiger partial charge < -0.3 is 14.8 Å². The second-order valence-electron chi connectivity index (χ2n) is 6.22. The lowest BCUT2D eigenvalue weighted by Crippen LogP contribution is -2.28. The Morgan fingerprint density at radius 2 is 1.97 bits per heavy atom. The first-order valence-corrected chi connectivity index (χ1v) is 9.88. The number of fused-ring (bicyclic) bond motifs is 1. The van der Waals surface area contributed by atoms with Gasteiger partial charge in [-0.1, -0.05) is 12.1 Å². The van der Waals surface area contributed by atoms with E-state index in [2.05, 4.69) is 10.3 Å². The number of benzene rings is 1. The number of thiophene rings is 1. The molecular weight excluding hydrogens is 410 g/mol. The van der Waals surface area contributed by atoms with Crippen molar-refractivity contribution in [2.24, 2.45) is 0 Å². The molecular formula is C20H19N3O6S. The van der Waals surface area contributed by atoms with Gasteiger partial charge in [0.25, 0.3) is 11.5 Å². The first-order chi connectivity index (χ1) is 14.4. The van der Waals surface area contributed by atoms with Crippen LogP contribution in [0.3, 0.4) is 0 Å². The average molecular weight is 429 g/mol.